The SMILES string of the molecule is COc1ccc(C2=NO[C@H](CN(Cc3cccc(F)c3)C(=O)C3CC3)C2)cc1. The molecule has 6 heteroatoms. The average molecular weight is 382 g/mol. The van der Waals surface area contributed by atoms with Crippen LogP contribution in [0.1, 0.15) is 30.4 Å². The monoisotopic (exact) mass is 382 g/mol. The van der Waals surface area contributed by atoms with Crippen LogP contribution in [0.5, 0.6) is 5.75 Å². The van der Waals surface area contributed by atoms with Crippen LogP contribution in [-0.2, 0) is 16.2 Å². The molecule has 1 heterocycles. The first-order chi connectivity index (χ1) is 13.6. The van der Waals surface area contributed by atoms with Gasteiger partial charge in [0.15, 0.2) is 6.10 Å². The van der Waals surface area contributed by atoms with Crippen molar-refractivity contribution in [2.24, 2.45) is 11.1 Å². The molecule has 0 bridgehead atoms. The zero-order valence-electron chi connectivity index (χ0n) is 15.8. The molecule has 0 N–H and O–H groups in total. The second-order valence-electron chi connectivity index (χ2n) is 7.32. The molecule has 0 aromatic heterocycles. The van der Waals surface area contributed by atoms with Crippen molar-refractivity contribution < 1.29 is 18.8 Å². The Balaban J connectivity index is 1.41. The second-order valence-corrected chi connectivity index (χ2v) is 7.32. The summed E-state index contributed by atoms with van der Waals surface area (Å²) in [5.41, 5.74) is 2.62. The Morgan fingerprint density at radius 3 is 2.71 bits per heavy atom. The van der Waals surface area contributed by atoms with Crippen LogP contribution in [0, 0.1) is 11.7 Å². The van der Waals surface area contributed by atoms with E-state index in [1.54, 1.807) is 18.1 Å². The second kappa shape index (κ2) is 8.00. The average Bonchev–Trinajstić information content (AvgIpc) is 3.46. The van der Waals surface area contributed by atoms with E-state index in [9.17, 15) is 9.18 Å². The number of carbonyl (C=O) groups excluding carboxylic acids is 1. The molecule has 1 amide bonds. The van der Waals surface area contributed by atoms with E-state index in [-0.39, 0.29) is 23.7 Å². The van der Waals surface area contributed by atoms with Crippen LogP contribution in [0.2, 0.25) is 0 Å². The van der Waals surface area contributed by atoms with Crippen molar-refractivity contribution in [3.05, 3.63) is 65.5 Å². The Morgan fingerprint density at radius 2 is 2.04 bits per heavy atom. The van der Waals surface area contributed by atoms with E-state index in [1.807, 2.05) is 30.3 Å². The van der Waals surface area contributed by atoms with Gasteiger partial charge in [-0.1, -0.05) is 17.3 Å². The molecule has 1 saturated carbocycles. The molecule has 5 nitrogen and oxygen atoms in total. The molecule has 2 aliphatic rings. The first-order valence-corrected chi connectivity index (χ1v) is 9.52. The Morgan fingerprint density at radius 1 is 1.25 bits per heavy atom. The van der Waals surface area contributed by atoms with Gasteiger partial charge >= 0.3 is 0 Å². The zero-order valence-corrected chi connectivity index (χ0v) is 15.8. The van der Waals surface area contributed by atoms with Gasteiger partial charge in [0.05, 0.1) is 19.4 Å². The predicted octanol–water partition coefficient (Wildman–Crippen LogP) is 3.77. The van der Waals surface area contributed by atoms with Crippen LogP contribution in [0.4, 0.5) is 4.39 Å². The van der Waals surface area contributed by atoms with E-state index in [0.29, 0.717) is 19.5 Å². The maximum Gasteiger partial charge on any atom is 0.226 e. The fraction of sp³-hybridized carbons (Fsp3) is 0.364. The van der Waals surface area contributed by atoms with Crippen molar-refractivity contribution in [3.63, 3.8) is 0 Å². The number of carbonyl (C=O) groups is 1. The van der Waals surface area contributed by atoms with Crippen molar-refractivity contribution in [2.75, 3.05) is 13.7 Å². The number of nitrogens with zero attached hydrogens (tertiary/aromatic N) is 2. The number of oxime groups is 1. The lowest BCUT2D eigenvalue weighted by Gasteiger charge is -2.25. The first-order valence-electron chi connectivity index (χ1n) is 9.52. The standard InChI is InChI=1S/C22H23FN2O3/c1-27-19-9-7-16(8-10-19)21-12-20(28-24-21)14-25(22(26)17-5-6-17)13-15-3-2-4-18(23)11-15/h2-4,7-11,17,20H,5-6,12-14H2,1H3/t20-/m0/s1. The molecule has 2 aromatic rings. The summed E-state index contributed by atoms with van der Waals surface area (Å²) in [6.45, 7) is 0.819. The summed E-state index contributed by atoms with van der Waals surface area (Å²) in [5.74, 6) is 0.706. The van der Waals surface area contributed by atoms with Gasteiger partial charge in [0, 0.05) is 18.9 Å². The van der Waals surface area contributed by atoms with Crippen molar-refractivity contribution in [3.8, 4) is 5.75 Å². The van der Waals surface area contributed by atoms with Gasteiger partial charge in [0.2, 0.25) is 5.91 Å². The number of hydrogen-bond acceptors (Lipinski definition) is 4. The van der Waals surface area contributed by atoms with E-state index in [4.69, 9.17) is 9.57 Å². The highest BCUT2D eigenvalue weighted by Gasteiger charge is 2.35. The third kappa shape index (κ3) is 4.32. The van der Waals surface area contributed by atoms with E-state index >= 15 is 0 Å². The van der Waals surface area contributed by atoms with Crippen LogP contribution in [0.3, 0.4) is 0 Å². The lowest BCUT2D eigenvalue weighted by Crippen LogP contribution is -2.38. The first kappa shape index (κ1) is 18.5. The van der Waals surface area contributed by atoms with Gasteiger partial charge in [0.25, 0.3) is 0 Å². The van der Waals surface area contributed by atoms with E-state index in [2.05, 4.69) is 5.16 Å². The van der Waals surface area contributed by atoms with Crippen molar-refractivity contribution in [2.45, 2.75) is 31.9 Å². The summed E-state index contributed by atoms with van der Waals surface area (Å²) < 4.78 is 18.7. The lowest BCUT2D eigenvalue weighted by molar-refractivity contribution is -0.135. The Bertz CT molecular complexity index is 878. The highest BCUT2D eigenvalue weighted by Crippen LogP contribution is 2.32. The summed E-state index contributed by atoms with van der Waals surface area (Å²) in [5, 5.41) is 4.21. The molecule has 2 aromatic carbocycles. The molecule has 1 aliphatic heterocycles. The number of ether oxygens (including phenoxy) is 1. The number of amides is 1. The molecule has 0 unspecified atom stereocenters. The minimum atomic E-state index is -0.293. The van der Waals surface area contributed by atoms with Gasteiger partial charge in [-0.25, -0.2) is 4.39 Å². The van der Waals surface area contributed by atoms with Crippen LogP contribution >= 0.6 is 0 Å². The van der Waals surface area contributed by atoms with Crippen molar-refractivity contribution in [1.29, 1.82) is 0 Å². The van der Waals surface area contributed by atoms with Crippen LogP contribution in [0.25, 0.3) is 0 Å². The molecule has 28 heavy (non-hydrogen) atoms. The fourth-order valence-corrected chi connectivity index (χ4v) is 3.40. The number of rotatable bonds is 7. The van der Waals surface area contributed by atoms with Gasteiger partial charge in [-0.3, -0.25) is 4.79 Å². The molecule has 1 fully saturated rings. The van der Waals surface area contributed by atoms with Gasteiger partial charge in [-0.05, 0) is 60.4 Å². The van der Waals surface area contributed by atoms with Crippen LogP contribution in [-0.4, -0.2) is 36.3 Å². The van der Waals surface area contributed by atoms with Crippen molar-refractivity contribution in [1.82, 2.24) is 4.90 Å². The molecule has 1 atom stereocenters. The van der Waals surface area contributed by atoms with E-state index in [0.717, 1.165) is 35.4 Å². The van der Waals surface area contributed by atoms with Gasteiger partial charge in [-0.2, -0.15) is 0 Å². The van der Waals surface area contributed by atoms with Gasteiger partial charge in [0.1, 0.15) is 11.6 Å². The topological polar surface area (TPSA) is 51.1 Å². The Hall–Kier alpha value is -2.89. The van der Waals surface area contributed by atoms with Crippen molar-refractivity contribution >= 4 is 11.6 Å². The van der Waals surface area contributed by atoms with E-state index in [1.165, 1.54) is 12.1 Å². The third-order valence-electron chi connectivity index (χ3n) is 5.08. The van der Waals surface area contributed by atoms with Gasteiger partial charge in [-0.15, -0.1) is 0 Å². The third-order valence-corrected chi connectivity index (χ3v) is 5.08. The molecular weight excluding hydrogens is 359 g/mol. The summed E-state index contributed by atoms with van der Waals surface area (Å²) in [7, 11) is 1.63. The molecule has 0 saturated heterocycles. The zero-order chi connectivity index (χ0) is 19.5. The summed E-state index contributed by atoms with van der Waals surface area (Å²) in [6, 6.07) is 14.1. The molecule has 0 radical (unpaired) electrons. The normalized spacial score (nSPS) is 18.4. The molecule has 0 spiro atoms. The van der Waals surface area contributed by atoms with Gasteiger partial charge < -0.3 is 14.5 Å². The maximum atomic E-state index is 13.5. The van der Waals surface area contributed by atoms with Crippen LogP contribution in [0.15, 0.2) is 53.7 Å². The highest BCUT2D eigenvalue weighted by atomic mass is 19.1. The minimum Gasteiger partial charge on any atom is -0.497 e. The summed E-state index contributed by atoms with van der Waals surface area (Å²) in [4.78, 5) is 20.1. The van der Waals surface area contributed by atoms with E-state index < -0.39 is 0 Å². The Labute approximate surface area is 163 Å². The number of halogens is 1. The number of hydrogen-bond donors (Lipinski definition) is 0. The molecular formula is C22H23FN2O3. The Kier molecular flexibility index (Phi) is 5.28. The highest BCUT2D eigenvalue weighted by molar-refractivity contribution is 6.01. The fourth-order valence-electron chi connectivity index (χ4n) is 3.40. The molecule has 4 rings (SSSR count). The summed E-state index contributed by atoms with van der Waals surface area (Å²) in [6.07, 6.45) is 2.28. The predicted molar refractivity (Wildman–Crippen MR) is 104 cm³/mol. The number of benzene rings is 2. The quantitative estimate of drug-likeness (QED) is 0.733. The molecule has 1 aliphatic carbocycles. The number of methoxy groups -OCH3 is 1. The minimum absolute atomic E-state index is 0.0944. The largest absolute Gasteiger partial charge is 0.497 e. The maximum absolute atomic E-state index is 13.5. The smallest absolute Gasteiger partial charge is 0.226 e. The summed E-state index contributed by atoms with van der Waals surface area (Å²) >= 11 is 0. The molecule has 146 valence electrons. The lowest BCUT2D eigenvalue weighted by atomic mass is 10.0. The van der Waals surface area contributed by atoms with Crippen LogP contribution < -0.4 is 4.74 Å².